The standard InChI is InChI=1S/C4H4NS/c1-4-2-5-3-6-4/h3H,1H3. The summed E-state index contributed by atoms with van der Waals surface area (Å²) in [4.78, 5) is 4.86. The lowest BCUT2D eigenvalue weighted by molar-refractivity contribution is 1.37. The van der Waals surface area contributed by atoms with E-state index in [1.54, 1.807) is 16.8 Å². The van der Waals surface area contributed by atoms with Crippen molar-refractivity contribution in [2.45, 2.75) is 6.92 Å². The molecule has 0 bridgehead atoms. The molecule has 6 heavy (non-hydrogen) atoms. The molecule has 1 nitrogen and oxygen atoms in total. The second kappa shape index (κ2) is 1.39. The second-order valence-electron chi connectivity index (χ2n) is 1.02. The smallest absolute Gasteiger partial charge is 0.104 e. The average molecular weight is 98.2 g/mol. The number of aromatic nitrogens is 1. The Morgan fingerprint density at radius 1 is 2.00 bits per heavy atom. The van der Waals surface area contributed by atoms with Crippen molar-refractivity contribution >= 4 is 11.3 Å². The van der Waals surface area contributed by atoms with Crippen LogP contribution in [0, 0.1) is 13.1 Å². The summed E-state index contributed by atoms with van der Waals surface area (Å²) >= 11 is 1.61. The lowest BCUT2D eigenvalue weighted by Gasteiger charge is -1.61. The van der Waals surface area contributed by atoms with Crippen LogP contribution in [-0.4, -0.2) is 4.98 Å². The van der Waals surface area contributed by atoms with E-state index in [1.807, 2.05) is 6.92 Å². The van der Waals surface area contributed by atoms with Crippen molar-refractivity contribution in [3.63, 3.8) is 0 Å². The Kier molecular flexibility index (Phi) is 0.881. The van der Waals surface area contributed by atoms with Crippen LogP contribution < -0.4 is 0 Å². The van der Waals surface area contributed by atoms with Gasteiger partial charge >= 0.3 is 0 Å². The molecule has 0 aliphatic heterocycles. The Labute approximate surface area is 40.7 Å². The number of nitrogens with zero attached hydrogens (tertiary/aromatic N) is 1. The van der Waals surface area contributed by atoms with Crippen LogP contribution in [0.3, 0.4) is 0 Å². The van der Waals surface area contributed by atoms with Crippen LogP contribution in [0.1, 0.15) is 4.88 Å². The van der Waals surface area contributed by atoms with E-state index in [-0.39, 0.29) is 0 Å². The summed E-state index contributed by atoms with van der Waals surface area (Å²) in [5.41, 5.74) is 1.77. The minimum atomic E-state index is 1.15. The fourth-order valence-corrected chi connectivity index (χ4v) is 0.618. The molecule has 2 heteroatoms. The van der Waals surface area contributed by atoms with Gasteiger partial charge in [-0.2, -0.15) is 0 Å². The van der Waals surface area contributed by atoms with E-state index in [2.05, 4.69) is 11.2 Å². The molecule has 0 aliphatic carbocycles. The van der Waals surface area contributed by atoms with Crippen molar-refractivity contribution in [2.24, 2.45) is 0 Å². The van der Waals surface area contributed by atoms with Gasteiger partial charge in [-0.3, -0.25) is 0 Å². The van der Waals surface area contributed by atoms with Gasteiger partial charge < -0.3 is 0 Å². The number of thiazole rings is 1. The van der Waals surface area contributed by atoms with E-state index in [0.29, 0.717) is 0 Å². The van der Waals surface area contributed by atoms with Gasteiger partial charge in [0.15, 0.2) is 0 Å². The van der Waals surface area contributed by atoms with Gasteiger partial charge in [0, 0.05) is 4.88 Å². The van der Waals surface area contributed by atoms with Crippen LogP contribution in [0.2, 0.25) is 0 Å². The molecule has 1 aromatic rings. The SMILES string of the molecule is Cc1[c]ncs1. The predicted octanol–water partition coefficient (Wildman–Crippen LogP) is 1.25. The summed E-state index contributed by atoms with van der Waals surface area (Å²) in [6, 6.07) is 0. The minimum absolute atomic E-state index is 1.15. The molecular weight excluding hydrogens is 94.1 g/mol. The van der Waals surface area contributed by atoms with Crippen LogP contribution in [0.25, 0.3) is 0 Å². The summed E-state index contributed by atoms with van der Waals surface area (Å²) < 4.78 is 0. The molecule has 0 fully saturated rings. The summed E-state index contributed by atoms with van der Waals surface area (Å²) in [5, 5.41) is 0. The summed E-state index contributed by atoms with van der Waals surface area (Å²) in [6.45, 7) is 1.98. The Balaban J connectivity index is 3.05. The Morgan fingerprint density at radius 2 is 2.83 bits per heavy atom. The first-order valence-electron chi connectivity index (χ1n) is 1.67. The first kappa shape index (κ1) is 3.81. The van der Waals surface area contributed by atoms with E-state index >= 15 is 0 Å². The summed E-state index contributed by atoms with van der Waals surface area (Å²) in [6.07, 6.45) is 2.77. The molecule has 0 N–H and O–H groups in total. The molecule has 1 radical (unpaired) electrons. The van der Waals surface area contributed by atoms with Crippen LogP contribution in [0.5, 0.6) is 0 Å². The zero-order chi connectivity index (χ0) is 4.41. The maximum atomic E-state index is 3.72. The van der Waals surface area contributed by atoms with Crippen molar-refractivity contribution in [3.8, 4) is 0 Å². The van der Waals surface area contributed by atoms with E-state index in [0.717, 1.165) is 4.88 Å². The molecule has 0 unspecified atom stereocenters. The summed E-state index contributed by atoms with van der Waals surface area (Å²) in [5.74, 6) is 0. The summed E-state index contributed by atoms with van der Waals surface area (Å²) in [7, 11) is 0. The van der Waals surface area contributed by atoms with Crippen LogP contribution in [0.15, 0.2) is 5.51 Å². The first-order chi connectivity index (χ1) is 2.89. The van der Waals surface area contributed by atoms with E-state index in [9.17, 15) is 0 Å². The van der Waals surface area contributed by atoms with Gasteiger partial charge in [0.1, 0.15) is 6.20 Å². The van der Waals surface area contributed by atoms with Gasteiger partial charge in [0.05, 0.1) is 5.51 Å². The van der Waals surface area contributed by atoms with E-state index < -0.39 is 0 Å². The van der Waals surface area contributed by atoms with E-state index in [4.69, 9.17) is 0 Å². The largest absolute Gasteiger partial charge is 0.243 e. The molecular formula is C4H4NS. The third-order valence-corrected chi connectivity index (χ3v) is 1.16. The first-order valence-corrected chi connectivity index (χ1v) is 2.55. The van der Waals surface area contributed by atoms with Crippen molar-refractivity contribution in [1.29, 1.82) is 0 Å². The lowest BCUT2D eigenvalue weighted by atomic mass is 10.7. The fraction of sp³-hybridized carbons (Fsp3) is 0.250. The highest BCUT2D eigenvalue weighted by Gasteiger charge is 1.77. The molecule has 0 atom stereocenters. The molecule has 0 saturated heterocycles. The molecule has 1 rings (SSSR count). The quantitative estimate of drug-likeness (QED) is 0.476. The van der Waals surface area contributed by atoms with Crippen molar-refractivity contribution in [2.75, 3.05) is 0 Å². The third kappa shape index (κ3) is 0.571. The number of rotatable bonds is 0. The van der Waals surface area contributed by atoms with Crippen molar-refractivity contribution in [3.05, 3.63) is 16.6 Å². The normalized spacial score (nSPS) is 8.83. The number of aryl methyl sites for hydroxylation is 1. The van der Waals surface area contributed by atoms with Gasteiger partial charge in [-0.05, 0) is 6.92 Å². The zero-order valence-electron chi connectivity index (χ0n) is 3.43. The highest BCUT2D eigenvalue weighted by atomic mass is 32.1. The van der Waals surface area contributed by atoms with Gasteiger partial charge in [0.25, 0.3) is 0 Å². The van der Waals surface area contributed by atoms with E-state index in [1.165, 1.54) is 0 Å². The molecule has 0 spiro atoms. The Bertz CT molecular complexity index is 111. The maximum Gasteiger partial charge on any atom is 0.104 e. The second-order valence-corrected chi connectivity index (χ2v) is 2.08. The maximum absolute atomic E-state index is 3.72. The lowest BCUT2D eigenvalue weighted by Crippen LogP contribution is -1.50. The monoisotopic (exact) mass is 98.0 g/mol. The number of hydrogen-bond acceptors (Lipinski definition) is 2. The van der Waals surface area contributed by atoms with Crippen molar-refractivity contribution < 1.29 is 0 Å². The van der Waals surface area contributed by atoms with Gasteiger partial charge in [-0.1, -0.05) is 0 Å². The Morgan fingerprint density at radius 3 is 3.00 bits per heavy atom. The molecule has 31 valence electrons. The topological polar surface area (TPSA) is 12.9 Å². The fourth-order valence-electron chi connectivity index (χ4n) is 0.249. The predicted molar refractivity (Wildman–Crippen MR) is 25.7 cm³/mol. The van der Waals surface area contributed by atoms with Crippen LogP contribution in [0.4, 0.5) is 0 Å². The molecule has 1 heterocycles. The highest BCUT2D eigenvalue weighted by Crippen LogP contribution is 1.98. The minimum Gasteiger partial charge on any atom is -0.243 e. The molecule has 0 aliphatic rings. The highest BCUT2D eigenvalue weighted by molar-refractivity contribution is 7.09. The van der Waals surface area contributed by atoms with Gasteiger partial charge in [0.2, 0.25) is 0 Å². The average Bonchev–Trinajstić information content (AvgIpc) is 1.86. The van der Waals surface area contributed by atoms with Gasteiger partial charge in [-0.25, -0.2) is 4.98 Å². The zero-order valence-corrected chi connectivity index (χ0v) is 4.25. The van der Waals surface area contributed by atoms with Crippen LogP contribution in [-0.2, 0) is 0 Å². The molecule has 0 amide bonds. The van der Waals surface area contributed by atoms with Crippen molar-refractivity contribution in [1.82, 2.24) is 4.98 Å². The van der Waals surface area contributed by atoms with Crippen LogP contribution >= 0.6 is 11.3 Å². The molecule has 0 aromatic carbocycles. The Hall–Kier alpha value is -0.370. The third-order valence-electron chi connectivity index (χ3n) is 0.504. The molecule has 0 saturated carbocycles. The molecule has 1 aromatic heterocycles. The number of hydrogen-bond donors (Lipinski definition) is 0. The van der Waals surface area contributed by atoms with Gasteiger partial charge in [-0.15, -0.1) is 11.3 Å².